The molecule has 0 radical (unpaired) electrons. The van der Waals surface area contributed by atoms with E-state index in [1.165, 1.54) is 11.9 Å². The van der Waals surface area contributed by atoms with Crippen molar-refractivity contribution >= 4 is 29.2 Å². The minimum absolute atomic E-state index is 0.00927. The molecule has 1 fully saturated rings. The second-order valence-corrected chi connectivity index (χ2v) is 17.2. The number of nitriles is 1. The monoisotopic (exact) mass is 900 g/mol. The van der Waals surface area contributed by atoms with E-state index in [1.807, 2.05) is 12.1 Å². The molecule has 350 valence electrons. The van der Waals surface area contributed by atoms with E-state index in [-0.39, 0.29) is 108 Å². The van der Waals surface area contributed by atoms with Crippen LogP contribution in [0.15, 0.2) is 54.6 Å². The number of Topliss-reactive ketones (excluding diaryl/α,β-unsaturated/α-hetero) is 3. The Morgan fingerprint density at radius 2 is 1.57 bits per heavy atom. The fourth-order valence-corrected chi connectivity index (χ4v) is 8.49. The molecule has 5 rings (SSSR count). The van der Waals surface area contributed by atoms with Crippen LogP contribution in [-0.2, 0) is 25.6 Å². The highest BCUT2D eigenvalue weighted by atomic mass is 19.3. The Balaban J connectivity index is 1.50. The molecule has 1 heterocycles. The van der Waals surface area contributed by atoms with E-state index < -0.39 is 47.4 Å². The zero-order valence-electron chi connectivity index (χ0n) is 37.5. The zero-order chi connectivity index (χ0) is 47.3. The second kappa shape index (κ2) is 23.4. The van der Waals surface area contributed by atoms with Crippen molar-refractivity contribution in [1.82, 2.24) is 10.2 Å². The number of benzene rings is 3. The minimum atomic E-state index is -2.63. The third-order valence-electron chi connectivity index (χ3n) is 12.1. The Bertz CT molecular complexity index is 2220. The summed E-state index contributed by atoms with van der Waals surface area (Å²) in [7, 11) is 1.48. The molecule has 2 aliphatic rings. The molecule has 0 unspecified atom stereocenters. The topological polar surface area (TPSA) is 230 Å². The number of aryl methyl sites for hydroxylation is 1. The number of nitrogens with one attached hydrogen (secondary N) is 1. The van der Waals surface area contributed by atoms with Crippen molar-refractivity contribution in [1.29, 1.82) is 5.26 Å². The van der Waals surface area contributed by atoms with Crippen molar-refractivity contribution in [3.8, 4) is 34.4 Å². The number of fused-ring (bicyclic) bond motifs is 5. The number of hydrogen-bond donors (Lipinski definition) is 4. The Kier molecular flexibility index (Phi) is 18.1. The summed E-state index contributed by atoms with van der Waals surface area (Å²) < 4.78 is 45.5. The zero-order valence-corrected chi connectivity index (χ0v) is 37.5. The third-order valence-corrected chi connectivity index (χ3v) is 12.1. The maximum Gasteiger partial charge on any atom is 0.248 e. The largest absolute Gasteiger partial charge is 0.493 e. The van der Waals surface area contributed by atoms with Crippen LogP contribution in [0.1, 0.15) is 97.8 Å². The first-order valence-electron chi connectivity index (χ1n) is 22.4. The van der Waals surface area contributed by atoms with Crippen LogP contribution in [-0.4, -0.2) is 92.5 Å². The van der Waals surface area contributed by atoms with E-state index in [0.717, 1.165) is 0 Å². The lowest BCUT2D eigenvalue weighted by Crippen LogP contribution is -2.46. The second-order valence-electron chi connectivity index (χ2n) is 17.2. The van der Waals surface area contributed by atoms with Crippen LogP contribution in [0.25, 0.3) is 11.1 Å². The highest BCUT2D eigenvalue weighted by Gasteiger charge is 2.37. The van der Waals surface area contributed by atoms with Gasteiger partial charge in [-0.05, 0) is 104 Å². The van der Waals surface area contributed by atoms with Crippen LogP contribution in [0.4, 0.5) is 8.78 Å². The fraction of sp³-hybridized carbons (Fsp3) is 0.510. The SMILES string of the molecule is Cc1cc(OCC2CCC(F)(F)CC2)ccc1C(=O)C[C@@H](CCN)C(=O)N(C)[C@@H]1C(=O)C[C@@H](C)C(=O)N[C@H](C(=O)CCC#N)Cc2ccc(OCCN)c(c2)-c2cc1ccc2OCCN. The lowest BCUT2D eigenvalue weighted by Gasteiger charge is -2.32. The van der Waals surface area contributed by atoms with Crippen molar-refractivity contribution < 1.29 is 47.0 Å². The fourth-order valence-electron chi connectivity index (χ4n) is 8.49. The number of rotatable bonds is 19. The molecule has 0 spiro atoms. The normalized spacial score (nSPS) is 19.2. The van der Waals surface area contributed by atoms with Gasteiger partial charge in [0, 0.05) is 87.2 Å². The quantitative estimate of drug-likeness (QED) is 0.105. The van der Waals surface area contributed by atoms with E-state index >= 15 is 0 Å². The number of nitrogens with zero attached hydrogens (tertiary/aromatic N) is 2. The van der Waals surface area contributed by atoms with Crippen LogP contribution in [0.3, 0.4) is 0 Å². The first kappa shape index (κ1) is 50.2. The summed E-state index contributed by atoms with van der Waals surface area (Å²) in [5, 5.41) is 12.0. The Morgan fingerprint density at radius 3 is 2.20 bits per heavy atom. The highest BCUT2D eigenvalue weighted by molar-refractivity contribution is 6.01. The lowest BCUT2D eigenvalue weighted by molar-refractivity contribution is -0.142. The lowest BCUT2D eigenvalue weighted by atomic mass is 9.87. The van der Waals surface area contributed by atoms with Gasteiger partial charge in [0.25, 0.3) is 0 Å². The molecular formula is C49H62F2N6O8. The van der Waals surface area contributed by atoms with Crippen LogP contribution in [0, 0.1) is 36.0 Å². The van der Waals surface area contributed by atoms with Gasteiger partial charge in [0.1, 0.15) is 36.5 Å². The summed E-state index contributed by atoms with van der Waals surface area (Å²) >= 11 is 0. The first-order chi connectivity index (χ1) is 31.1. The summed E-state index contributed by atoms with van der Waals surface area (Å²) in [6.07, 6.45) is -0.0318. The summed E-state index contributed by atoms with van der Waals surface area (Å²) in [6.45, 7) is 4.40. The number of hydrogen-bond acceptors (Lipinski definition) is 12. The van der Waals surface area contributed by atoms with Crippen LogP contribution >= 0.6 is 0 Å². The maximum absolute atomic E-state index is 14.7. The van der Waals surface area contributed by atoms with Crippen molar-refractivity contribution in [2.45, 2.75) is 96.1 Å². The number of ketones is 3. The van der Waals surface area contributed by atoms with E-state index in [1.54, 1.807) is 62.4 Å². The van der Waals surface area contributed by atoms with Gasteiger partial charge >= 0.3 is 0 Å². The van der Waals surface area contributed by atoms with Gasteiger partial charge in [0.05, 0.1) is 18.7 Å². The van der Waals surface area contributed by atoms with Gasteiger partial charge in [-0.2, -0.15) is 5.26 Å². The van der Waals surface area contributed by atoms with Crippen LogP contribution in [0.2, 0.25) is 0 Å². The number of carbonyl (C=O) groups excluding carboxylic acids is 5. The molecule has 3 aromatic rings. The standard InChI is InChI=1S/C49H62F2N6O8/c1-30-23-36(65-29-32-12-15-49(50,51)16-13-32)8-9-37(30)42(59)28-35(14-18-53)48(62)57(3)46-34-7-11-45(64-22-20-55)39(27-34)38-25-33(6-10-44(38)63-21-19-54)26-40(41(58)5-4-17-52)56-47(61)31(2)24-43(46)60/h6-11,23,25,27,31-32,35,40,46H,4-5,12-16,18-22,24,26,28-29,53-55H2,1-3H3,(H,56,61)/t31-,35-,40+,46+/m1/s1. The number of alkyl halides is 2. The van der Waals surface area contributed by atoms with E-state index in [2.05, 4.69) is 5.32 Å². The van der Waals surface area contributed by atoms with E-state index in [9.17, 15) is 38.0 Å². The summed E-state index contributed by atoms with van der Waals surface area (Å²) in [4.78, 5) is 71.9. The summed E-state index contributed by atoms with van der Waals surface area (Å²) in [5.74, 6) is -5.37. The molecular weight excluding hydrogens is 839 g/mol. The highest BCUT2D eigenvalue weighted by Crippen LogP contribution is 2.41. The molecule has 4 bridgehead atoms. The van der Waals surface area contributed by atoms with Crippen molar-refractivity contribution in [2.75, 3.05) is 46.5 Å². The molecule has 0 saturated heterocycles. The van der Waals surface area contributed by atoms with Crippen molar-refractivity contribution in [3.05, 3.63) is 76.9 Å². The van der Waals surface area contributed by atoms with Crippen LogP contribution < -0.4 is 36.7 Å². The number of nitrogens with two attached hydrogens (primary N) is 3. The molecule has 1 saturated carbocycles. The molecule has 0 aromatic heterocycles. The van der Waals surface area contributed by atoms with Crippen LogP contribution in [0.5, 0.6) is 17.2 Å². The molecule has 1 aliphatic carbocycles. The minimum Gasteiger partial charge on any atom is -0.493 e. The van der Waals surface area contributed by atoms with E-state index in [4.69, 9.17) is 31.4 Å². The van der Waals surface area contributed by atoms with Gasteiger partial charge in [0.2, 0.25) is 17.7 Å². The van der Waals surface area contributed by atoms with Gasteiger partial charge < -0.3 is 41.6 Å². The van der Waals surface area contributed by atoms with Crippen molar-refractivity contribution in [3.63, 3.8) is 0 Å². The Hall–Kier alpha value is -5.76. The Morgan fingerprint density at radius 1 is 0.908 bits per heavy atom. The van der Waals surface area contributed by atoms with Crippen molar-refractivity contribution in [2.24, 2.45) is 35.0 Å². The molecule has 4 atom stereocenters. The van der Waals surface area contributed by atoms with Gasteiger partial charge in [-0.25, -0.2) is 8.78 Å². The number of ether oxygens (including phenoxy) is 3. The number of amides is 2. The number of likely N-dealkylation sites (N-methyl/N-ethyl adjacent to an activating group) is 1. The predicted molar refractivity (Wildman–Crippen MR) is 240 cm³/mol. The van der Waals surface area contributed by atoms with Gasteiger partial charge in [-0.3, -0.25) is 24.0 Å². The average molecular weight is 901 g/mol. The van der Waals surface area contributed by atoms with E-state index in [0.29, 0.717) is 63.5 Å². The summed E-state index contributed by atoms with van der Waals surface area (Å²) in [6, 6.07) is 15.1. The van der Waals surface area contributed by atoms with Gasteiger partial charge in [-0.15, -0.1) is 0 Å². The first-order valence-corrected chi connectivity index (χ1v) is 22.4. The molecule has 65 heavy (non-hydrogen) atoms. The maximum atomic E-state index is 14.7. The van der Waals surface area contributed by atoms with Gasteiger partial charge in [0.15, 0.2) is 17.3 Å². The van der Waals surface area contributed by atoms with Gasteiger partial charge in [-0.1, -0.05) is 19.1 Å². The average Bonchev–Trinajstić information content (AvgIpc) is 3.28. The number of carbonyl (C=O) groups is 5. The smallest absolute Gasteiger partial charge is 0.248 e. The Labute approximate surface area is 379 Å². The molecule has 16 heteroatoms. The number of halogens is 2. The molecule has 7 N–H and O–H groups in total. The molecule has 1 aliphatic heterocycles. The predicted octanol–water partition coefficient (Wildman–Crippen LogP) is 5.79. The molecule has 2 amide bonds. The third kappa shape index (κ3) is 13.4. The summed E-state index contributed by atoms with van der Waals surface area (Å²) in [5.41, 5.74) is 20.8. The molecule has 3 aromatic carbocycles. The molecule has 14 nitrogen and oxygen atoms in total.